The zero-order valence-corrected chi connectivity index (χ0v) is 13.2. The number of hydrogen-bond acceptors (Lipinski definition) is 4. The van der Waals surface area contributed by atoms with Crippen molar-refractivity contribution >= 4 is 0 Å². The van der Waals surface area contributed by atoms with Crippen LogP contribution in [0.1, 0.15) is 51.8 Å². The van der Waals surface area contributed by atoms with Gasteiger partial charge in [-0.1, -0.05) is 20.3 Å². The van der Waals surface area contributed by atoms with Gasteiger partial charge in [-0.05, 0) is 38.1 Å². The van der Waals surface area contributed by atoms with Crippen LogP contribution in [0.15, 0.2) is 6.33 Å². The fourth-order valence-electron chi connectivity index (χ4n) is 3.52. The van der Waals surface area contributed by atoms with E-state index in [4.69, 9.17) is 5.73 Å². The molecule has 5 heteroatoms. The van der Waals surface area contributed by atoms with E-state index < -0.39 is 0 Å². The van der Waals surface area contributed by atoms with Crippen LogP contribution in [-0.2, 0) is 13.6 Å². The number of aryl methyl sites for hydroxylation is 1. The Kier molecular flexibility index (Phi) is 5.16. The summed E-state index contributed by atoms with van der Waals surface area (Å²) in [7, 11) is 1.96. The van der Waals surface area contributed by atoms with Crippen LogP contribution in [0.5, 0.6) is 0 Å². The fraction of sp³-hybridized carbons (Fsp3) is 0.867. The van der Waals surface area contributed by atoms with Crippen LogP contribution in [-0.4, -0.2) is 38.3 Å². The predicted octanol–water partition coefficient (Wildman–Crippen LogP) is 1.93. The van der Waals surface area contributed by atoms with E-state index in [1.165, 1.54) is 32.1 Å². The van der Waals surface area contributed by atoms with E-state index in [-0.39, 0.29) is 5.54 Å². The molecule has 1 aromatic rings. The predicted molar refractivity (Wildman–Crippen MR) is 81.1 cm³/mol. The van der Waals surface area contributed by atoms with Crippen LogP contribution in [0.4, 0.5) is 0 Å². The van der Waals surface area contributed by atoms with Crippen molar-refractivity contribution in [2.75, 3.05) is 13.1 Å². The third kappa shape index (κ3) is 3.04. The van der Waals surface area contributed by atoms with Crippen molar-refractivity contribution < 1.29 is 0 Å². The molecule has 0 unspecified atom stereocenters. The average Bonchev–Trinajstić information content (AvgIpc) is 2.90. The highest BCUT2D eigenvalue weighted by Crippen LogP contribution is 2.37. The molecule has 0 aliphatic heterocycles. The molecule has 2 N–H and O–H groups in total. The molecule has 0 atom stereocenters. The van der Waals surface area contributed by atoms with E-state index in [9.17, 15) is 0 Å². The SMILES string of the molecule is CCC1CCC(CN)(N(CC)Cc2ncnn2C)CC1. The molecular formula is C15H29N5. The first kappa shape index (κ1) is 15.4. The van der Waals surface area contributed by atoms with E-state index in [0.717, 1.165) is 31.4 Å². The van der Waals surface area contributed by atoms with Crippen molar-refractivity contribution in [3.05, 3.63) is 12.2 Å². The summed E-state index contributed by atoms with van der Waals surface area (Å²) in [6, 6.07) is 0. The van der Waals surface area contributed by atoms with E-state index in [2.05, 4.69) is 28.8 Å². The fourth-order valence-corrected chi connectivity index (χ4v) is 3.52. The normalized spacial score (nSPS) is 27.1. The summed E-state index contributed by atoms with van der Waals surface area (Å²) in [4.78, 5) is 6.88. The van der Waals surface area contributed by atoms with Gasteiger partial charge in [0.25, 0.3) is 0 Å². The highest BCUT2D eigenvalue weighted by Gasteiger charge is 2.38. The van der Waals surface area contributed by atoms with Crippen LogP contribution < -0.4 is 5.73 Å². The molecular weight excluding hydrogens is 250 g/mol. The molecule has 20 heavy (non-hydrogen) atoms. The lowest BCUT2D eigenvalue weighted by atomic mass is 9.74. The van der Waals surface area contributed by atoms with E-state index in [1.807, 2.05) is 11.7 Å². The molecule has 1 heterocycles. The molecule has 1 saturated carbocycles. The van der Waals surface area contributed by atoms with Gasteiger partial charge in [0.15, 0.2) is 0 Å². The maximum Gasteiger partial charge on any atom is 0.140 e. The second-order valence-corrected chi connectivity index (χ2v) is 6.09. The van der Waals surface area contributed by atoms with Crippen molar-refractivity contribution in [1.29, 1.82) is 0 Å². The second-order valence-electron chi connectivity index (χ2n) is 6.09. The molecule has 0 aromatic carbocycles. The van der Waals surface area contributed by atoms with Crippen LogP contribution in [0.2, 0.25) is 0 Å². The second kappa shape index (κ2) is 6.68. The largest absolute Gasteiger partial charge is 0.329 e. The zero-order chi connectivity index (χ0) is 14.6. The Balaban J connectivity index is 2.09. The van der Waals surface area contributed by atoms with E-state index >= 15 is 0 Å². The smallest absolute Gasteiger partial charge is 0.140 e. The molecule has 114 valence electrons. The van der Waals surface area contributed by atoms with Gasteiger partial charge in [-0.15, -0.1) is 0 Å². The van der Waals surface area contributed by atoms with Crippen LogP contribution >= 0.6 is 0 Å². The number of aromatic nitrogens is 3. The average molecular weight is 279 g/mol. The van der Waals surface area contributed by atoms with E-state index in [1.54, 1.807) is 6.33 Å². The van der Waals surface area contributed by atoms with Crippen LogP contribution in [0.25, 0.3) is 0 Å². The van der Waals surface area contributed by atoms with Crippen molar-refractivity contribution in [3.63, 3.8) is 0 Å². The van der Waals surface area contributed by atoms with Gasteiger partial charge in [-0.3, -0.25) is 9.58 Å². The van der Waals surface area contributed by atoms with E-state index in [0.29, 0.717) is 0 Å². The van der Waals surface area contributed by atoms with Crippen molar-refractivity contribution in [3.8, 4) is 0 Å². The summed E-state index contributed by atoms with van der Waals surface area (Å²) in [6.45, 7) is 7.13. The third-order valence-corrected chi connectivity index (χ3v) is 5.18. The molecule has 1 fully saturated rings. The molecule has 1 aliphatic carbocycles. The Morgan fingerprint density at radius 2 is 2.10 bits per heavy atom. The summed E-state index contributed by atoms with van der Waals surface area (Å²) in [5, 5.41) is 4.17. The molecule has 5 nitrogen and oxygen atoms in total. The molecule has 0 saturated heterocycles. The lowest BCUT2D eigenvalue weighted by molar-refractivity contribution is 0.0364. The standard InChI is InChI=1S/C15H29N5/c1-4-13-6-8-15(11-16,9-7-13)20(5-2)10-14-17-12-18-19(14)3/h12-13H,4-11,16H2,1-3H3. The number of rotatable bonds is 6. The van der Waals surface area contributed by atoms with Crippen LogP contribution in [0.3, 0.4) is 0 Å². The lowest BCUT2D eigenvalue weighted by Gasteiger charge is -2.47. The number of nitrogens with zero attached hydrogens (tertiary/aromatic N) is 4. The summed E-state index contributed by atoms with van der Waals surface area (Å²) in [5.41, 5.74) is 6.34. The first-order chi connectivity index (χ1) is 9.65. The number of hydrogen-bond donors (Lipinski definition) is 1. The third-order valence-electron chi connectivity index (χ3n) is 5.18. The van der Waals surface area contributed by atoms with Gasteiger partial charge in [-0.2, -0.15) is 5.10 Å². The van der Waals surface area contributed by atoms with Gasteiger partial charge in [0.05, 0.1) is 6.54 Å². The molecule has 1 aliphatic rings. The number of nitrogens with two attached hydrogens (primary N) is 1. The Bertz CT molecular complexity index is 406. The highest BCUT2D eigenvalue weighted by atomic mass is 15.3. The topological polar surface area (TPSA) is 60.0 Å². The Morgan fingerprint density at radius 3 is 2.55 bits per heavy atom. The Labute approximate surface area is 122 Å². The van der Waals surface area contributed by atoms with Gasteiger partial charge < -0.3 is 5.73 Å². The zero-order valence-electron chi connectivity index (χ0n) is 13.2. The minimum Gasteiger partial charge on any atom is -0.329 e. The quantitative estimate of drug-likeness (QED) is 0.864. The maximum atomic E-state index is 6.18. The summed E-state index contributed by atoms with van der Waals surface area (Å²) < 4.78 is 1.87. The summed E-state index contributed by atoms with van der Waals surface area (Å²) in [5.74, 6) is 1.92. The molecule has 0 amide bonds. The van der Waals surface area contributed by atoms with Gasteiger partial charge in [0.1, 0.15) is 12.2 Å². The van der Waals surface area contributed by atoms with Gasteiger partial charge in [0.2, 0.25) is 0 Å². The molecule has 0 radical (unpaired) electrons. The minimum atomic E-state index is 0.159. The lowest BCUT2D eigenvalue weighted by Crippen LogP contribution is -2.55. The van der Waals surface area contributed by atoms with Crippen molar-refractivity contribution in [2.45, 2.75) is 58.0 Å². The van der Waals surface area contributed by atoms with Gasteiger partial charge in [-0.25, -0.2) is 4.98 Å². The Morgan fingerprint density at radius 1 is 1.40 bits per heavy atom. The molecule has 0 spiro atoms. The first-order valence-electron chi connectivity index (χ1n) is 7.93. The van der Waals surface area contributed by atoms with Gasteiger partial charge in [0, 0.05) is 19.1 Å². The first-order valence-corrected chi connectivity index (χ1v) is 7.93. The maximum absolute atomic E-state index is 6.18. The van der Waals surface area contributed by atoms with Crippen LogP contribution in [0, 0.1) is 5.92 Å². The van der Waals surface area contributed by atoms with Crippen molar-refractivity contribution in [2.24, 2.45) is 18.7 Å². The summed E-state index contributed by atoms with van der Waals surface area (Å²) >= 11 is 0. The molecule has 2 rings (SSSR count). The van der Waals surface area contributed by atoms with Crippen molar-refractivity contribution in [1.82, 2.24) is 19.7 Å². The monoisotopic (exact) mass is 279 g/mol. The summed E-state index contributed by atoms with van der Waals surface area (Å²) in [6.07, 6.45) is 7.98. The Hall–Kier alpha value is -0.940. The molecule has 1 aromatic heterocycles. The molecule has 0 bridgehead atoms. The van der Waals surface area contributed by atoms with Gasteiger partial charge >= 0.3 is 0 Å². The minimum absolute atomic E-state index is 0.159. The highest BCUT2D eigenvalue weighted by molar-refractivity contribution is 4.97. The number of likely N-dealkylation sites (N-methyl/N-ethyl adjacent to an activating group) is 1.